The lowest BCUT2D eigenvalue weighted by Gasteiger charge is -2.38. The molecule has 3 rings (SSSR count). The van der Waals surface area contributed by atoms with Crippen LogP contribution in [-0.2, 0) is 19.1 Å². The summed E-state index contributed by atoms with van der Waals surface area (Å²) in [5.74, 6) is 0.0397. The van der Waals surface area contributed by atoms with E-state index in [2.05, 4.69) is 4.99 Å². The number of hydrogen-bond acceptors (Lipinski definition) is 8. The van der Waals surface area contributed by atoms with E-state index in [1.165, 1.54) is 37.8 Å². The van der Waals surface area contributed by atoms with Crippen LogP contribution in [0.5, 0.6) is 11.5 Å². The molecule has 2 aliphatic rings. The second-order valence-electron chi connectivity index (χ2n) is 6.15. The number of allylic oxidation sites excluding steroid dienone is 1. The van der Waals surface area contributed by atoms with Crippen LogP contribution in [-0.4, -0.2) is 47.9 Å². The van der Waals surface area contributed by atoms with Gasteiger partial charge in [0.25, 0.3) is 0 Å². The molecule has 0 bridgehead atoms. The fourth-order valence-electron chi connectivity index (χ4n) is 3.18. The number of ether oxygens (including phenoxy) is 3. The Bertz CT molecular complexity index is 908. The molecule has 1 atom stereocenters. The smallest absolute Gasteiger partial charge is 0.338 e. The van der Waals surface area contributed by atoms with Crippen molar-refractivity contribution < 1.29 is 28.6 Å². The second kappa shape index (κ2) is 8.05. The highest BCUT2D eigenvalue weighted by Gasteiger charge is 2.41. The SMILES string of the molecule is COC(=O)C1=C(C)N=C2SCCC(=O)N2C1c1ccc(OC(C)=O)c(OC)c1. The Hall–Kier alpha value is -2.81. The van der Waals surface area contributed by atoms with Crippen LogP contribution in [0.1, 0.15) is 31.9 Å². The molecule has 1 aromatic rings. The Morgan fingerprint density at radius 1 is 1.25 bits per heavy atom. The summed E-state index contributed by atoms with van der Waals surface area (Å²) in [5.41, 5.74) is 1.40. The standard InChI is InChI=1S/C19H20N2O6S/c1-10-16(18(24)26-4)17(21-15(23)7-8-28-19(21)20-10)12-5-6-13(27-11(2)22)14(9-12)25-3/h5-6,9,17H,7-8H2,1-4H3. The van der Waals surface area contributed by atoms with E-state index < -0.39 is 18.0 Å². The summed E-state index contributed by atoms with van der Waals surface area (Å²) in [5, 5.41) is 0.550. The third-order valence-electron chi connectivity index (χ3n) is 4.37. The normalized spacial score (nSPS) is 19.0. The van der Waals surface area contributed by atoms with Gasteiger partial charge in [-0.3, -0.25) is 14.5 Å². The van der Waals surface area contributed by atoms with Gasteiger partial charge in [-0.25, -0.2) is 9.79 Å². The molecule has 2 heterocycles. The van der Waals surface area contributed by atoms with E-state index in [-0.39, 0.29) is 17.2 Å². The van der Waals surface area contributed by atoms with Gasteiger partial charge >= 0.3 is 11.9 Å². The van der Waals surface area contributed by atoms with Gasteiger partial charge in [-0.05, 0) is 24.6 Å². The first-order chi connectivity index (χ1) is 13.4. The molecule has 1 saturated heterocycles. The number of rotatable bonds is 4. The molecule has 1 unspecified atom stereocenters. The van der Waals surface area contributed by atoms with Crippen molar-refractivity contribution in [3.63, 3.8) is 0 Å². The molecule has 9 heteroatoms. The molecule has 148 valence electrons. The van der Waals surface area contributed by atoms with Crippen molar-refractivity contribution in [2.45, 2.75) is 26.3 Å². The third-order valence-corrected chi connectivity index (χ3v) is 5.32. The van der Waals surface area contributed by atoms with E-state index in [0.717, 1.165) is 0 Å². The van der Waals surface area contributed by atoms with Crippen molar-refractivity contribution >= 4 is 34.8 Å². The van der Waals surface area contributed by atoms with Gasteiger partial charge in [-0.1, -0.05) is 17.8 Å². The zero-order chi connectivity index (χ0) is 20.4. The monoisotopic (exact) mass is 404 g/mol. The number of methoxy groups -OCH3 is 2. The van der Waals surface area contributed by atoms with Gasteiger partial charge in [-0.15, -0.1) is 0 Å². The van der Waals surface area contributed by atoms with Crippen LogP contribution in [0.15, 0.2) is 34.5 Å². The number of fused-ring (bicyclic) bond motifs is 1. The van der Waals surface area contributed by atoms with Gasteiger partial charge in [0.1, 0.15) is 0 Å². The van der Waals surface area contributed by atoms with Crippen molar-refractivity contribution in [3.8, 4) is 11.5 Å². The van der Waals surface area contributed by atoms with E-state index in [1.807, 2.05) is 0 Å². The first-order valence-corrected chi connectivity index (χ1v) is 9.55. The molecule has 1 aromatic carbocycles. The number of amides is 1. The number of amidine groups is 1. The van der Waals surface area contributed by atoms with Crippen molar-refractivity contribution in [1.29, 1.82) is 0 Å². The molecule has 0 radical (unpaired) electrons. The number of aliphatic imine (C=N–C) groups is 1. The van der Waals surface area contributed by atoms with E-state index in [4.69, 9.17) is 14.2 Å². The molecular weight excluding hydrogens is 384 g/mol. The van der Waals surface area contributed by atoms with Gasteiger partial charge in [0.05, 0.1) is 31.5 Å². The maximum Gasteiger partial charge on any atom is 0.338 e. The Kier molecular flexibility index (Phi) is 5.73. The van der Waals surface area contributed by atoms with Crippen LogP contribution < -0.4 is 9.47 Å². The van der Waals surface area contributed by atoms with Crippen LogP contribution in [0.3, 0.4) is 0 Å². The van der Waals surface area contributed by atoms with Crippen molar-refractivity contribution in [2.24, 2.45) is 4.99 Å². The fraction of sp³-hybridized carbons (Fsp3) is 0.368. The summed E-state index contributed by atoms with van der Waals surface area (Å²) in [6.45, 7) is 3.01. The van der Waals surface area contributed by atoms with Crippen LogP contribution >= 0.6 is 11.8 Å². The molecule has 28 heavy (non-hydrogen) atoms. The molecule has 0 spiro atoms. The summed E-state index contributed by atoms with van der Waals surface area (Å²) in [4.78, 5) is 42.5. The topological polar surface area (TPSA) is 94.5 Å². The molecule has 1 amide bonds. The number of carbonyl (C=O) groups excluding carboxylic acids is 3. The number of thioether (sulfide) groups is 1. The Labute approximate surface area is 166 Å². The molecular formula is C19H20N2O6S. The lowest BCUT2D eigenvalue weighted by atomic mass is 9.94. The molecule has 0 saturated carbocycles. The fourth-order valence-corrected chi connectivity index (χ4v) is 4.18. The first kappa shape index (κ1) is 19.9. The Morgan fingerprint density at radius 2 is 2.00 bits per heavy atom. The van der Waals surface area contributed by atoms with Gasteiger partial charge in [0.2, 0.25) is 5.91 Å². The Balaban J connectivity index is 2.15. The van der Waals surface area contributed by atoms with Crippen molar-refractivity contribution in [2.75, 3.05) is 20.0 Å². The summed E-state index contributed by atoms with van der Waals surface area (Å²) < 4.78 is 15.4. The predicted molar refractivity (Wildman–Crippen MR) is 103 cm³/mol. The summed E-state index contributed by atoms with van der Waals surface area (Å²) in [6.07, 6.45) is 0.344. The van der Waals surface area contributed by atoms with Gasteiger partial charge in [0, 0.05) is 19.1 Å². The number of nitrogens with zero attached hydrogens (tertiary/aromatic N) is 2. The van der Waals surface area contributed by atoms with Crippen LogP contribution in [0.2, 0.25) is 0 Å². The van der Waals surface area contributed by atoms with E-state index in [0.29, 0.717) is 34.4 Å². The second-order valence-corrected chi connectivity index (χ2v) is 7.22. The summed E-state index contributed by atoms with van der Waals surface area (Å²) >= 11 is 1.46. The maximum atomic E-state index is 12.7. The molecule has 0 aromatic heterocycles. The lowest BCUT2D eigenvalue weighted by Crippen LogP contribution is -2.45. The van der Waals surface area contributed by atoms with Crippen LogP contribution in [0, 0.1) is 0 Å². The average Bonchev–Trinajstić information content (AvgIpc) is 2.66. The van der Waals surface area contributed by atoms with Gasteiger partial charge in [-0.2, -0.15) is 0 Å². The number of carbonyl (C=O) groups is 3. The minimum Gasteiger partial charge on any atom is -0.493 e. The average molecular weight is 404 g/mol. The molecule has 8 nitrogen and oxygen atoms in total. The van der Waals surface area contributed by atoms with Gasteiger partial charge < -0.3 is 14.2 Å². The first-order valence-electron chi connectivity index (χ1n) is 8.56. The zero-order valence-electron chi connectivity index (χ0n) is 16.0. The van der Waals surface area contributed by atoms with E-state index in [9.17, 15) is 14.4 Å². The Morgan fingerprint density at radius 3 is 2.64 bits per heavy atom. The number of benzene rings is 1. The summed E-state index contributed by atoms with van der Waals surface area (Å²) in [7, 11) is 2.74. The predicted octanol–water partition coefficient (Wildman–Crippen LogP) is 2.44. The third kappa shape index (κ3) is 3.62. The van der Waals surface area contributed by atoms with E-state index >= 15 is 0 Å². The quantitative estimate of drug-likeness (QED) is 0.562. The minimum atomic E-state index is -0.708. The van der Waals surface area contributed by atoms with E-state index in [1.54, 1.807) is 25.1 Å². The molecule has 2 aliphatic heterocycles. The number of esters is 2. The molecule has 1 fully saturated rings. The molecule has 0 aliphatic carbocycles. The highest BCUT2D eigenvalue weighted by atomic mass is 32.2. The summed E-state index contributed by atoms with van der Waals surface area (Å²) in [6, 6.07) is 4.21. The van der Waals surface area contributed by atoms with Crippen molar-refractivity contribution in [1.82, 2.24) is 4.90 Å². The number of hydrogen-bond donors (Lipinski definition) is 0. The highest BCUT2D eigenvalue weighted by Crippen LogP contribution is 2.42. The zero-order valence-corrected chi connectivity index (χ0v) is 16.8. The van der Waals surface area contributed by atoms with Crippen molar-refractivity contribution in [3.05, 3.63) is 35.0 Å². The maximum absolute atomic E-state index is 12.7. The van der Waals surface area contributed by atoms with Crippen LogP contribution in [0.25, 0.3) is 0 Å². The highest BCUT2D eigenvalue weighted by molar-refractivity contribution is 8.14. The molecule has 0 N–H and O–H groups in total. The van der Waals surface area contributed by atoms with Crippen LogP contribution in [0.4, 0.5) is 0 Å². The van der Waals surface area contributed by atoms with Gasteiger partial charge in [0.15, 0.2) is 16.7 Å². The minimum absolute atomic E-state index is 0.126. The lowest BCUT2D eigenvalue weighted by molar-refractivity contribution is -0.137. The largest absolute Gasteiger partial charge is 0.493 e.